The maximum atomic E-state index is 12.7. The number of hydrogen-bond donors (Lipinski definition) is 0. The first-order valence-corrected chi connectivity index (χ1v) is 9.09. The van der Waals surface area contributed by atoms with Crippen molar-refractivity contribution in [2.45, 2.75) is 64.7 Å². The van der Waals surface area contributed by atoms with E-state index in [1.165, 1.54) is 37.7 Å². The van der Waals surface area contributed by atoms with Crippen LogP contribution in [0.1, 0.15) is 74.2 Å². The second-order valence-corrected chi connectivity index (χ2v) is 7.09. The number of aryl methyl sites for hydroxylation is 1. The highest BCUT2D eigenvalue weighted by atomic mass is 16.2. The molecular formula is C20H27NO2. The van der Waals surface area contributed by atoms with Crippen LogP contribution in [0.2, 0.25) is 0 Å². The quantitative estimate of drug-likeness (QED) is 0.766. The molecule has 0 N–H and O–H groups in total. The van der Waals surface area contributed by atoms with Gasteiger partial charge >= 0.3 is 0 Å². The van der Waals surface area contributed by atoms with Gasteiger partial charge in [-0.1, -0.05) is 44.2 Å². The van der Waals surface area contributed by atoms with Crippen LogP contribution >= 0.6 is 0 Å². The van der Waals surface area contributed by atoms with Gasteiger partial charge < -0.3 is 4.90 Å². The Bertz CT molecular complexity index is 587. The summed E-state index contributed by atoms with van der Waals surface area (Å²) in [7, 11) is 0. The highest BCUT2D eigenvalue weighted by Gasteiger charge is 2.24. The van der Waals surface area contributed by atoms with Crippen molar-refractivity contribution in [1.29, 1.82) is 0 Å². The molecule has 0 unspecified atom stereocenters. The molecule has 1 amide bonds. The third-order valence-corrected chi connectivity index (χ3v) is 5.40. The Labute approximate surface area is 139 Å². The van der Waals surface area contributed by atoms with Crippen LogP contribution in [0.4, 0.5) is 5.69 Å². The van der Waals surface area contributed by atoms with Crippen LogP contribution in [-0.4, -0.2) is 18.2 Å². The molecule has 1 aliphatic carbocycles. The Morgan fingerprint density at radius 2 is 1.91 bits per heavy atom. The fraction of sp³-hybridized carbons (Fsp3) is 0.600. The molecule has 0 saturated heterocycles. The van der Waals surface area contributed by atoms with Gasteiger partial charge in [-0.05, 0) is 43.7 Å². The van der Waals surface area contributed by atoms with E-state index >= 15 is 0 Å². The molecular weight excluding hydrogens is 286 g/mol. The van der Waals surface area contributed by atoms with E-state index in [0.29, 0.717) is 12.0 Å². The van der Waals surface area contributed by atoms with Crippen molar-refractivity contribution in [2.24, 2.45) is 5.92 Å². The maximum absolute atomic E-state index is 12.7. The average Bonchev–Trinajstić information content (AvgIpc) is 2.59. The second kappa shape index (κ2) is 7.29. The zero-order valence-corrected chi connectivity index (χ0v) is 14.1. The van der Waals surface area contributed by atoms with E-state index in [0.717, 1.165) is 37.4 Å². The minimum Gasteiger partial charge on any atom is -0.312 e. The molecule has 0 atom stereocenters. The SMILES string of the molecule is CC(=O)c1ccc2c(c1)N(C(=O)CCC1CCCCC1)CCC2. The van der Waals surface area contributed by atoms with E-state index in [1.54, 1.807) is 6.92 Å². The van der Waals surface area contributed by atoms with Crippen LogP contribution < -0.4 is 4.90 Å². The van der Waals surface area contributed by atoms with Crippen LogP contribution in [0.5, 0.6) is 0 Å². The summed E-state index contributed by atoms with van der Waals surface area (Å²) in [6, 6.07) is 5.82. The number of benzene rings is 1. The number of Topliss-reactive ketones (excluding diaryl/α,β-unsaturated/α-hetero) is 1. The third-order valence-electron chi connectivity index (χ3n) is 5.40. The van der Waals surface area contributed by atoms with E-state index in [1.807, 2.05) is 23.1 Å². The fourth-order valence-corrected chi connectivity index (χ4v) is 3.99. The minimum atomic E-state index is 0.0629. The number of hydrogen-bond acceptors (Lipinski definition) is 2. The van der Waals surface area contributed by atoms with E-state index < -0.39 is 0 Å². The molecule has 3 rings (SSSR count). The number of nitrogens with zero attached hydrogens (tertiary/aromatic N) is 1. The summed E-state index contributed by atoms with van der Waals surface area (Å²) in [5, 5.41) is 0. The molecule has 0 bridgehead atoms. The smallest absolute Gasteiger partial charge is 0.226 e. The van der Waals surface area contributed by atoms with E-state index in [9.17, 15) is 9.59 Å². The molecule has 1 aliphatic heterocycles. The Morgan fingerprint density at radius 3 is 2.65 bits per heavy atom. The third kappa shape index (κ3) is 3.82. The van der Waals surface area contributed by atoms with Gasteiger partial charge in [0, 0.05) is 24.2 Å². The van der Waals surface area contributed by atoms with Gasteiger partial charge in [0.25, 0.3) is 0 Å². The minimum absolute atomic E-state index is 0.0629. The van der Waals surface area contributed by atoms with Gasteiger partial charge in [-0.15, -0.1) is 0 Å². The zero-order valence-electron chi connectivity index (χ0n) is 14.1. The monoisotopic (exact) mass is 313 g/mol. The lowest BCUT2D eigenvalue weighted by Gasteiger charge is -2.31. The van der Waals surface area contributed by atoms with Crippen molar-refractivity contribution >= 4 is 17.4 Å². The number of fused-ring (bicyclic) bond motifs is 1. The Hall–Kier alpha value is -1.64. The van der Waals surface area contributed by atoms with Gasteiger partial charge in [-0.3, -0.25) is 9.59 Å². The summed E-state index contributed by atoms with van der Waals surface area (Å²) in [6.45, 7) is 2.37. The topological polar surface area (TPSA) is 37.4 Å². The molecule has 1 fully saturated rings. The van der Waals surface area contributed by atoms with Crippen molar-refractivity contribution in [3.05, 3.63) is 29.3 Å². The molecule has 0 radical (unpaired) electrons. The molecule has 3 nitrogen and oxygen atoms in total. The summed E-state index contributed by atoms with van der Waals surface area (Å²) in [5.41, 5.74) is 2.88. The summed E-state index contributed by atoms with van der Waals surface area (Å²) in [5.74, 6) is 1.03. The molecule has 124 valence electrons. The van der Waals surface area contributed by atoms with Crippen molar-refractivity contribution in [3.8, 4) is 0 Å². The first-order chi connectivity index (χ1) is 11.1. The highest BCUT2D eigenvalue weighted by molar-refractivity contribution is 5.99. The Morgan fingerprint density at radius 1 is 1.13 bits per heavy atom. The predicted molar refractivity (Wildman–Crippen MR) is 92.9 cm³/mol. The van der Waals surface area contributed by atoms with Gasteiger partial charge in [0.15, 0.2) is 5.78 Å². The molecule has 1 saturated carbocycles. The summed E-state index contributed by atoms with van der Waals surface area (Å²) >= 11 is 0. The molecule has 0 spiro atoms. The number of carbonyl (C=O) groups excluding carboxylic acids is 2. The Kier molecular flexibility index (Phi) is 5.14. The van der Waals surface area contributed by atoms with E-state index in [-0.39, 0.29) is 11.7 Å². The van der Waals surface area contributed by atoms with Gasteiger partial charge in [-0.25, -0.2) is 0 Å². The largest absolute Gasteiger partial charge is 0.312 e. The standard InChI is InChI=1S/C20H27NO2/c1-15(22)18-11-10-17-8-5-13-21(19(17)14-18)20(23)12-9-16-6-3-2-4-7-16/h10-11,14,16H,2-9,12-13H2,1H3. The second-order valence-electron chi connectivity index (χ2n) is 7.09. The molecule has 3 heteroatoms. The van der Waals surface area contributed by atoms with Crippen molar-refractivity contribution in [1.82, 2.24) is 0 Å². The lowest BCUT2D eigenvalue weighted by atomic mass is 9.86. The van der Waals surface area contributed by atoms with Crippen LogP contribution in [0.3, 0.4) is 0 Å². The van der Waals surface area contributed by atoms with Crippen LogP contribution in [0.15, 0.2) is 18.2 Å². The van der Waals surface area contributed by atoms with Gasteiger partial charge in [0.05, 0.1) is 0 Å². The van der Waals surface area contributed by atoms with Gasteiger partial charge in [0.2, 0.25) is 5.91 Å². The molecule has 1 heterocycles. The lowest BCUT2D eigenvalue weighted by Crippen LogP contribution is -2.35. The summed E-state index contributed by atoms with van der Waals surface area (Å²) < 4.78 is 0. The highest BCUT2D eigenvalue weighted by Crippen LogP contribution is 2.31. The van der Waals surface area contributed by atoms with E-state index in [2.05, 4.69) is 0 Å². The molecule has 0 aromatic heterocycles. The Balaban J connectivity index is 1.69. The lowest BCUT2D eigenvalue weighted by molar-refractivity contribution is -0.119. The summed E-state index contributed by atoms with van der Waals surface area (Å²) in [6.07, 6.45) is 10.3. The number of anilines is 1. The number of amides is 1. The van der Waals surface area contributed by atoms with Crippen molar-refractivity contribution in [2.75, 3.05) is 11.4 Å². The average molecular weight is 313 g/mol. The molecule has 23 heavy (non-hydrogen) atoms. The molecule has 1 aromatic carbocycles. The number of rotatable bonds is 4. The normalized spacial score (nSPS) is 18.6. The number of ketones is 1. The van der Waals surface area contributed by atoms with Crippen LogP contribution in [0.25, 0.3) is 0 Å². The fourth-order valence-electron chi connectivity index (χ4n) is 3.99. The van der Waals surface area contributed by atoms with Gasteiger partial charge in [-0.2, -0.15) is 0 Å². The van der Waals surface area contributed by atoms with Crippen LogP contribution in [0, 0.1) is 5.92 Å². The van der Waals surface area contributed by atoms with Gasteiger partial charge in [0.1, 0.15) is 0 Å². The molecule has 1 aromatic rings. The first kappa shape index (κ1) is 16.2. The number of carbonyl (C=O) groups is 2. The van der Waals surface area contributed by atoms with Crippen molar-refractivity contribution in [3.63, 3.8) is 0 Å². The van der Waals surface area contributed by atoms with Crippen molar-refractivity contribution < 1.29 is 9.59 Å². The first-order valence-electron chi connectivity index (χ1n) is 9.09. The summed E-state index contributed by atoms with van der Waals surface area (Å²) in [4.78, 5) is 26.3. The predicted octanol–water partition coefficient (Wildman–Crippen LogP) is 4.53. The zero-order chi connectivity index (χ0) is 16.2. The van der Waals surface area contributed by atoms with E-state index in [4.69, 9.17) is 0 Å². The molecule has 2 aliphatic rings. The van der Waals surface area contributed by atoms with Crippen LogP contribution in [-0.2, 0) is 11.2 Å². The maximum Gasteiger partial charge on any atom is 0.226 e.